The fraction of sp³-hybridized carbons (Fsp3) is 0. The first-order valence-electron chi connectivity index (χ1n) is 5.33. The molecule has 0 fully saturated rings. The van der Waals surface area contributed by atoms with Gasteiger partial charge in [0.25, 0.3) is 0 Å². The first-order valence-corrected chi connectivity index (χ1v) is 5.33. The van der Waals surface area contributed by atoms with Crippen LogP contribution < -0.4 is 10.3 Å². The molecule has 4 heteroatoms. The Kier molecular flexibility index (Phi) is 1.42. The van der Waals surface area contributed by atoms with Gasteiger partial charge in [0.1, 0.15) is 5.82 Å². The van der Waals surface area contributed by atoms with E-state index in [9.17, 15) is 4.79 Å². The van der Waals surface area contributed by atoms with Crippen LogP contribution in [0.3, 0.4) is 0 Å². The summed E-state index contributed by atoms with van der Waals surface area (Å²) in [7, 11) is 0. The molecule has 0 N–H and O–H groups in total. The Hall–Kier alpha value is -2.49. The van der Waals surface area contributed by atoms with Gasteiger partial charge in [-0.1, -0.05) is 18.2 Å². The first-order chi connectivity index (χ1) is 8.34. The van der Waals surface area contributed by atoms with Gasteiger partial charge in [-0.05, 0) is 12.1 Å². The lowest BCUT2D eigenvalue weighted by Gasteiger charge is -2.23. The van der Waals surface area contributed by atoms with Crippen LogP contribution in [0.15, 0.2) is 47.4 Å². The number of para-hydroxylation sites is 1. The molecule has 0 spiro atoms. The standard InChI is InChI=1S/C13H7N3O/c17-11-7-12-14-6-5-10-8-3-1-2-4-9(8)15-13(11)16(10)12/h1-7H. The zero-order chi connectivity index (χ0) is 11.4. The lowest BCUT2D eigenvalue weighted by molar-refractivity contribution is 1.15. The summed E-state index contributed by atoms with van der Waals surface area (Å²) < 4.78 is 0. The van der Waals surface area contributed by atoms with E-state index in [0.717, 1.165) is 16.6 Å². The van der Waals surface area contributed by atoms with Gasteiger partial charge in [0, 0.05) is 17.6 Å². The molecule has 3 aliphatic heterocycles. The molecule has 0 amide bonds. The summed E-state index contributed by atoms with van der Waals surface area (Å²) in [6.45, 7) is 0. The molecule has 1 aromatic carbocycles. The van der Waals surface area contributed by atoms with E-state index in [0.29, 0.717) is 11.6 Å². The minimum absolute atomic E-state index is 0.0838. The quantitative estimate of drug-likeness (QED) is 0.456. The molecule has 0 atom stereocenters. The lowest BCUT2D eigenvalue weighted by atomic mass is 10.1. The Morgan fingerprint density at radius 3 is 2.94 bits per heavy atom. The molecule has 0 aliphatic carbocycles. The molecule has 0 bridgehead atoms. The Morgan fingerprint density at radius 1 is 1.12 bits per heavy atom. The van der Waals surface area contributed by atoms with Crippen LogP contribution in [0.25, 0.3) is 10.9 Å². The molecule has 3 aliphatic rings. The molecular weight excluding hydrogens is 214 g/mol. The summed E-state index contributed by atoms with van der Waals surface area (Å²) in [5, 5.41) is 1.03. The monoisotopic (exact) mass is 221 g/mol. The molecule has 4 rings (SSSR count). The van der Waals surface area contributed by atoms with Crippen LogP contribution in [0.5, 0.6) is 0 Å². The van der Waals surface area contributed by atoms with Crippen molar-refractivity contribution >= 4 is 28.2 Å². The van der Waals surface area contributed by atoms with E-state index in [1.807, 2.05) is 35.2 Å². The zero-order valence-electron chi connectivity index (χ0n) is 8.79. The second-order valence-electron chi connectivity index (χ2n) is 3.98. The van der Waals surface area contributed by atoms with E-state index in [1.54, 1.807) is 6.20 Å². The van der Waals surface area contributed by atoms with Gasteiger partial charge in [0.2, 0.25) is 5.43 Å². The van der Waals surface area contributed by atoms with Crippen molar-refractivity contribution < 1.29 is 0 Å². The van der Waals surface area contributed by atoms with Crippen molar-refractivity contribution in [1.82, 2.24) is 9.97 Å². The number of nitrogens with zero attached hydrogens (tertiary/aromatic N) is 3. The van der Waals surface area contributed by atoms with E-state index >= 15 is 0 Å². The molecule has 3 heterocycles. The van der Waals surface area contributed by atoms with Gasteiger partial charge < -0.3 is 0 Å². The maximum absolute atomic E-state index is 11.8. The van der Waals surface area contributed by atoms with Gasteiger partial charge in [0.15, 0.2) is 5.82 Å². The van der Waals surface area contributed by atoms with Gasteiger partial charge in [-0.3, -0.25) is 9.69 Å². The van der Waals surface area contributed by atoms with Crippen molar-refractivity contribution in [3.63, 3.8) is 0 Å². The van der Waals surface area contributed by atoms with Crippen LogP contribution in [0.2, 0.25) is 0 Å². The second-order valence-corrected chi connectivity index (χ2v) is 3.98. The number of hydrogen-bond acceptors (Lipinski definition) is 4. The van der Waals surface area contributed by atoms with Crippen LogP contribution in [0.4, 0.5) is 17.3 Å². The highest BCUT2D eigenvalue weighted by Gasteiger charge is 2.27. The Bertz CT molecular complexity index is 784. The minimum Gasteiger partial charge on any atom is -0.286 e. The number of rotatable bonds is 0. The van der Waals surface area contributed by atoms with Gasteiger partial charge in [-0.15, -0.1) is 0 Å². The molecule has 0 saturated heterocycles. The number of anilines is 3. The fourth-order valence-corrected chi connectivity index (χ4v) is 2.27. The highest BCUT2D eigenvalue weighted by atomic mass is 16.1. The zero-order valence-corrected chi connectivity index (χ0v) is 8.79. The average molecular weight is 221 g/mol. The largest absolute Gasteiger partial charge is 0.286 e. The van der Waals surface area contributed by atoms with Crippen LogP contribution in [-0.4, -0.2) is 9.97 Å². The fourth-order valence-electron chi connectivity index (χ4n) is 2.27. The maximum atomic E-state index is 11.8. The minimum atomic E-state index is -0.0838. The van der Waals surface area contributed by atoms with Crippen molar-refractivity contribution in [3.8, 4) is 0 Å². The molecule has 0 saturated carbocycles. The summed E-state index contributed by atoms with van der Waals surface area (Å²) in [5.41, 5.74) is 1.72. The van der Waals surface area contributed by atoms with Crippen molar-refractivity contribution in [2.45, 2.75) is 0 Å². The Morgan fingerprint density at radius 2 is 2.00 bits per heavy atom. The topological polar surface area (TPSA) is 46.1 Å². The van der Waals surface area contributed by atoms with Crippen molar-refractivity contribution in [2.75, 3.05) is 4.90 Å². The summed E-state index contributed by atoms with van der Waals surface area (Å²) in [6, 6.07) is 11.2. The van der Waals surface area contributed by atoms with E-state index < -0.39 is 0 Å². The molecule has 4 nitrogen and oxygen atoms in total. The Labute approximate surface area is 96.5 Å². The number of aromatic nitrogens is 2. The molecule has 80 valence electrons. The Balaban J connectivity index is 2.30. The molecule has 17 heavy (non-hydrogen) atoms. The molecule has 0 radical (unpaired) electrons. The van der Waals surface area contributed by atoms with Gasteiger partial charge >= 0.3 is 0 Å². The molecular formula is C13H7N3O. The highest BCUT2D eigenvalue weighted by molar-refractivity contribution is 5.99. The third-order valence-electron chi connectivity index (χ3n) is 3.01. The third-order valence-corrected chi connectivity index (χ3v) is 3.01. The second kappa shape index (κ2) is 2.79. The van der Waals surface area contributed by atoms with E-state index in [-0.39, 0.29) is 5.43 Å². The maximum Gasteiger partial charge on any atom is 0.225 e. The van der Waals surface area contributed by atoms with E-state index in [4.69, 9.17) is 0 Å². The van der Waals surface area contributed by atoms with E-state index in [1.165, 1.54) is 6.07 Å². The summed E-state index contributed by atoms with van der Waals surface area (Å²) in [4.78, 5) is 22.2. The van der Waals surface area contributed by atoms with Crippen LogP contribution in [0, 0.1) is 0 Å². The van der Waals surface area contributed by atoms with Crippen LogP contribution in [0.1, 0.15) is 0 Å². The van der Waals surface area contributed by atoms with Gasteiger partial charge in [-0.2, -0.15) is 0 Å². The highest BCUT2D eigenvalue weighted by Crippen LogP contribution is 2.39. The predicted molar refractivity (Wildman–Crippen MR) is 65.2 cm³/mol. The molecule has 1 aromatic rings. The smallest absolute Gasteiger partial charge is 0.225 e. The predicted octanol–water partition coefficient (Wildman–Crippen LogP) is 2.21. The normalized spacial score (nSPS) is 12.8. The van der Waals surface area contributed by atoms with Crippen molar-refractivity contribution in [3.05, 3.63) is 52.8 Å². The molecule has 0 unspecified atom stereocenters. The van der Waals surface area contributed by atoms with Gasteiger partial charge in [-0.25, -0.2) is 9.97 Å². The SMILES string of the molecule is O=c1cc2nccc3c4ccccc4nc1N23. The summed E-state index contributed by atoms with van der Waals surface area (Å²) in [6.07, 6.45) is 1.72. The third kappa shape index (κ3) is 0.990. The van der Waals surface area contributed by atoms with Gasteiger partial charge in [0.05, 0.1) is 11.2 Å². The summed E-state index contributed by atoms with van der Waals surface area (Å²) >= 11 is 0. The number of benzene rings is 1. The van der Waals surface area contributed by atoms with E-state index in [2.05, 4.69) is 9.97 Å². The summed E-state index contributed by atoms with van der Waals surface area (Å²) in [5.74, 6) is 1.10. The lowest BCUT2D eigenvalue weighted by Crippen LogP contribution is -2.16. The average Bonchev–Trinajstić information content (AvgIpc) is 2.68. The van der Waals surface area contributed by atoms with Crippen LogP contribution >= 0.6 is 0 Å². The van der Waals surface area contributed by atoms with Crippen molar-refractivity contribution in [2.24, 2.45) is 0 Å². The number of hydrogen-bond donors (Lipinski definition) is 0. The molecule has 0 aromatic heterocycles. The van der Waals surface area contributed by atoms with Crippen LogP contribution in [-0.2, 0) is 0 Å². The number of fused-ring (bicyclic) bond motifs is 2. The first kappa shape index (κ1) is 8.64. The van der Waals surface area contributed by atoms with Crippen molar-refractivity contribution in [1.29, 1.82) is 0 Å².